The Kier molecular flexibility index (Phi) is 9.86. The van der Waals surface area contributed by atoms with E-state index in [4.69, 9.17) is 21.5 Å². The summed E-state index contributed by atoms with van der Waals surface area (Å²) >= 11 is 0. The lowest BCUT2D eigenvalue weighted by atomic mass is 10.0. The number of nitrogens with zero attached hydrogens (tertiary/aromatic N) is 6. The van der Waals surface area contributed by atoms with Crippen LogP contribution in [0.25, 0.3) is 111 Å². The third-order valence-corrected chi connectivity index (χ3v) is 11.9. The second-order valence-corrected chi connectivity index (χ2v) is 15.8. The zero-order valence-electron chi connectivity index (χ0n) is 35.0. The minimum absolute atomic E-state index is 0.300. The summed E-state index contributed by atoms with van der Waals surface area (Å²) < 4.78 is 2.09. The summed E-state index contributed by atoms with van der Waals surface area (Å²) in [7, 11) is 0. The summed E-state index contributed by atoms with van der Waals surface area (Å²) in [6.07, 6.45) is 0. The number of rotatable bonds is 8. The number of nitriles is 1. The van der Waals surface area contributed by atoms with Crippen LogP contribution in [0.3, 0.4) is 0 Å². The highest BCUT2D eigenvalue weighted by Gasteiger charge is 2.23. The maximum atomic E-state index is 11.1. The third-order valence-electron chi connectivity index (χ3n) is 11.9. The highest BCUT2D eigenvalue weighted by atomic mass is 15.0. The van der Waals surface area contributed by atoms with Crippen molar-refractivity contribution in [1.82, 2.24) is 19.5 Å². The van der Waals surface area contributed by atoms with E-state index in [-0.39, 0.29) is 0 Å². The average Bonchev–Trinajstić information content (AvgIpc) is 3.71. The second-order valence-electron chi connectivity index (χ2n) is 15.8. The molecule has 0 saturated heterocycles. The van der Waals surface area contributed by atoms with E-state index in [0.717, 1.165) is 77.4 Å². The van der Waals surface area contributed by atoms with Gasteiger partial charge in [-0.15, -0.1) is 0 Å². The number of fused-ring (bicyclic) bond motifs is 3. The van der Waals surface area contributed by atoms with Gasteiger partial charge in [0.15, 0.2) is 17.5 Å². The normalized spacial score (nSPS) is 11.0. The van der Waals surface area contributed by atoms with Gasteiger partial charge in [0.05, 0.1) is 34.9 Å². The van der Waals surface area contributed by atoms with Gasteiger partial charge in [-0.1, -0.05) is 182 Å². The number of hydrogen-bond acceptors (Lipinski definition) is 4. The first kappa shape index (κ1) is 38.7. The largest absolute Gasteiger partial charge is 0.318 e. The van der Waals surface area contributed by atoms with Gasteiger partial charge < -0.3 is 4.57 Å². The smallest absolute Gasteiger partial charge is 0.212 e. The number of hydrogen-bond donors (Lipinski definition) is 0. The average molecular weight is 829 g/mol. The first-order chi connectivity index (χ1) is 32.1. The molecule has 11 rings (SSSR count). The van der Waals surface area contributed by atoms with Crippen molar-refractivity contribution in [3.8, 4) is 90.4 Å². The molecule has 0 bridgehead atoms. The molecule has 0 amide bonds. The van der Waals surface area contributed by atoms with Crippen molar-refractivity contribution in [3.63, 3.8) is 0 Å². The number of benzene rings is 9. The van der Waals surface area contributed by atoms with Crippen LogP contribution in [-0.2, 0) is 0 Å². The molecule has 2 aromatic heterocycles. The minimum atomic E-state index is 0.300. The van der Waals surface area contributed by atoms with E-state index in [9.17, 15) is 5.26 Å². The van der Waals surface area contributed by atoms with Crippen LogP contribution in [0, 0.1) is 17.9 Å². The van der Waals surface area contributed by atoms with E-state index in [1.807, 2.05) is 109 Å². The maximum absolute atomic E-state index is 11.1. The SMILES string of the molecule is [C-]#[N+]c1cc(-c2nc(-c3cccc(-c4ccccc4)c3)nc(-c3cccc(-c4ccccc4)c3)n2)cc(C#N)c1-n1c2cc(-c3ccccc3)ccc2c2ccc(-c3ccccc3)cc21. The van der Waals surface area contributed by atoms with Crippen LogP contribution in [0.4, 0.5) is 5.69 Å². The van der Waals surface area contributed by atoms with Gasteiger partial charge >= 0.3 is 0 Å². The molecule has 302 valence electrons. The Morgan fingerprint density at radius 1 is 0.369 bits per heavy atom. The molecule has 6 heteroatoms. The van der Waals surface area contributed by atoms with Gasteiger partial charge in [-0.2, -0.15) is 5.26 Å². The van der Waals surface area contributed by atoms with Gasteiger partial charge in [0, 0.05) is 27.5 Å². The fourth-order valence-electron chi connectivity index (χ4n) is 8.73. The molecule has 0 fully saturated rings. The molecule has 9 aromatic carbocycles. The molecule has 65 heavy (non-hydrogen) atoms. The van der Waals surface area contributed by atoms with Crippen LogP contribution >= 0.6 is 0 Å². The van der Waals surface area contributed by atoms with Crippen molar-refractivity contribution in [3.05, 3.63) is 235 Å². The summed E-state index contributed by atoms with van der Waals surface area (Å²) in [6.45, 7) is 8.70. The van der Waals surface area contributed by atoms with Gasteiger partial charge in [-0.3, -0.25) is 0 Å². The van der Waals surface area contributed by atoms with Crippen LogP contribution in [0.15, 0.2) is 218 Å². The van der Waals surface area contributed by atoms with Crippen LogP contribution in [0.5, 0.6) is 0 Å². The highest BCUT2D eigenvalue weighted by Crippen LogP contribution is 2.42. The predicted molar refractivity (Wildman–Crippen MR) is 263 cm³/mol. The summed E-state index contributed by atoms with van der Waals surface area (Å²) in [5.74, 6) is 1.31. The Labute approximate surface area is 376 Å². The molecule has 0 spiro atoms. The first-order valence-electron chi connectivity index (χ1n) is 21.3. The summed E-state index contributed by atoms with van der Waals surface area (Å²) in [4.78, 5) is 19.5. The van der Waals surface area contributed by atoms with Crippen molar-refractivity contribution in [2.24, 2.45) is 0 Å². The van der Waals surface area contributed by atoms with Crippen LogP contribution in [0.2, 0.25) is 0 Å². The predicted octanol–water partition coefficient (Wildman–Crippen LogP) is 15.1. The summed E-state index contributed by atoms with van der Waals surface area (Å²) in [5, 5.41) is 13.2. The topological polar surface area (TPSA) is 71.8 Å². The zero-order chi connectivity index (χ0) is 43.7. The molecule has 11 aromatic rings. The lowest BCUT2D eigenvalue weighted by molar-refractivity contribution is 1.07. The van der Waals surface area contributed by atoms with Crippen molar-refractivity contribution >= 4 is 27.5 Å². The van der Waals surface area contributed by atoms with E-state index in [2.05, 4.69) is 125 Å². The van der Waals surface area contributed by atoms with E-state index in [0.29, 0.717) is 40.0 Å². The van der Waals surface area contributed by atoms with Crippen molar-refractivity contribution in [2.75, 3.05) is 0 Å². The molecular weight excluding hydrogens is 793 g/mol. The Bertz CT molecular complexity index is 3430. The monoisotopic (exact) mass is 828 g/mol. The fraction of sp³-hybridized carbons (Fsp3) is 0. The first-order valence-corrected chi connectivity index (χ1v) is 21.3. The number of aromatic nitrogens is 4. The van der Waals surface area contributed by atoms with Crippen molar-refractivity contribution in [2.45, 2.75) is 0 Å². The molecule has 6 nitrogen and oxygen atoms in total. The van der Waals surface area contributed by atoms with Crippen molar-refractivity contribution < 1.29 is 0 Å². The lowest BCUT2D eigenvalue weighted by Gasteiger charge is -2.16. The third kappa shape index (κ3) is 7.28. The second kappa shape index (κ2) is 16.6. The molecule has 0 atom stereocenters. The van der Waals surface area contributed by atoms with E-state index in [1.165, 1.54) is 0 Å². The molecule has 0 unspecified atom stereocenters. The summed E-state index contributed by atoms with van der Waals surface area (Å²) in [5.41, 5.74) is 13.5. The lowest BCUT2D eigenvalue weighted by Crippen LogP contribution is -2.03. The molecule has 0 aliphatic rings. The fourth-order valence-corrected chi connectivity index (χ4v) is 8.73. The standard InChI is InChI=1S/C59H36N6/c1-61-53-35-49(59-63-57(47-26-14-24-43(32-47)39-16-6-2-7-17-39)62-58(64-59)48-27-15-25-44(33-48)40-18-8-3-9-19-40)34-50(38-60)56(53)65-54-36-45(41-20-10-4-11-21-41)28-30-51(54)52-31-29-46(37-55(52)65)42-22-12-5-13-23-42/h2-37H. The summed E-state index contributed by atoms with van der Waals surface area (Å²) in [6, 6.07) is 76.3. The van der Waals surface area contributed by atoms with Crippen LogP contribution < -0.4 is 0 Å². The molecule has 0 radical (unpaired) electrons. The van der Waals surface area contributed by atoms with Crippen molar-refractivity contribution in [1.29, 1.82) is 5.26 Å². The molecule has 2 heterocycles. The minimum Gasteiger partial charge on any atom is -0.318 e. The zero-order valence-corrected chi connectivity index (χ0v) is 35.0. The molecule has 0 N–H and O–H groups in total. The Morgan fingerprint density at radius 3 is 1.14 bits per heavy atom. The Balaban J connectivity index is 1.13. The van der Waals surface area contributed by atoms with E-state index < -0.39 is 0 Å². The van der Waals surface area contributed by atoms with Crippen LogP contribution in [-0.4, -0.2) is 19.5 Å². The molecular formula is C59H36N6. The van der Waals surface area contributed by atoms with Gasteiger partial charge in [0.25, 0.3) is 0 Å². The van der Waals surface area contributed by atoms with Gasteiger partial charge in [-0.25, -0.2) is 19.8 Å². The van der Waals surface area contributed by atoms with E-state index >= 15 is 0 Å². The van der Waals surface area contributed by atoms with Gasteiger partial charge in [0.1, 0.15) is 0 Å². The molecule has 0 aliphatic carbocycles. The Morgan fingerprint density at radius 2 is 0.738 bits per heavy atom. The molecule has 0 aliphatic heterocycles. The van der Waals surface area contributed by atoms with Gasteiger partial charge in [0.2, 0.25) is 5.69 Å². The van der Waals surface area contributed by atoms with Crippen LogP contribution in [0.1, 0.15) is 5.56 Å². The maximum Gasteiger partial charge on any atom is 0.212 e. The quantitative estimate of drug-likeness (QED) is 0.143. The molecule has 0 saturated carbocycles. The highest BCUT2D eigenvalue weighted by molar-refractivity contribution is 6.12. The Hall–Kier alpha value is -9.23. The van der Waals surface area contributed by atoms with Gasteiger partial charge in [-0.05, 0) is 80.9 Å². The van der Waals surface area contributed by atoms with E-state index in [1.54, 1.807) is 0 Å².